The summed E-state index contributed by atoms with van der Waals surface area (Å²) in [6.07, 6.45) is 5.54. The van der Waals surface area contributed by atoms with Gasteiger partial charge in [-0.05, 0) is 33.1 Å². The summed E-state index contributed by atoms with van der Waals surface area (Å²) in [7, 11) is 0. The van der Waals surface area contributed by atoms with Crippen molar-refractivity contribution in [1.82, 2.24) is 0 Å². The zero-order valence-corrected chi connectivity index (χ0v) is 7.28. The molecular formula is C10H17. The summed E-state index contributed by atoms with van der Waals surface area (Å²) >= 11 is 0. The van der Waals surface area contributed by atoms with Crippen molar-refractivity contribution in [2.75, 3.05) is 0 Å². The summed E-state index contributed by atoms with van der Waals surface area (Å²) in [5.41, 5.74) is 2.49. The van der Waals surface area contributed by atoms with E-state index in [2.05, 4.69) is 19.9 Å². The Bertz CT molecular complexity index is 129. The van der Waals surface area contributed by atoms with E-state index in [1.807, 2.05) is 6.92 Å². The Kier molecular flexibility index (Phi) is 5.00. The van der Waals surface area contributed by atoms with E-state index in [1.54, 1.807) is 0 Å². The zero-order valence-electron chi connectivity index (χ0n) is 7.28. The molecule has 0 aromatic rings. The lowest BCUT2D eigenvalue weighted by atomic mass is 10.1. The predicted molar refractivity (Wildman–Crippen MR) is 46.8 cm³/mol. The van der Waals surface area contributed by atoms with E-state index in [1.165, 1.54) is 5.57 Å². The Hall–Kier alpha value is -0.520. The molecule has 10 heavy (non-hydrogen) atoms. The van der Waals surface area contributed by atoms with Crippen LogP contribution in [0.15, 0.2) is 17.2 Å². The van der Waals surface area contributed by atoms with E-state index >= 15 is 0 Å². The molecule has 0 unspecified atom stereocenters. The highest BCUT2D eigenvalue weighted by Gasteiger charge is 1.85. The Morgan fingerprint density at radius 1 is 1.40 bits per heavy atom. The highest BCUT2D eigenvalue weighted by Crippen LogP contribution is 2.05. The van der Waals surface area contributed by atoms with E-state index in [0.29, 0.717) is 0 Å². The Labute approximate surface area is 64.6 Å². The summed E-state index contributed by atoms with van der Waals surface area (Å²) in [4.78, 5) is 0. The van der Waals surface area contributed by atoms with Crippen LogP contribution in [0.3, 0.4) is 0 Å². The molecule has 0 aromatic carbocycles. The van der Waals surface area contributed by atoms with Gasteiger partial charge < -0.3 is 0 Å². The first-order chi connectivity index (χ1) is 4.66. The Balaban J connectivity index is 3.43. The molecule has 0 amide bonds. The van der Waals surface area contributed by atoms with Crippen molar-refractivity contribution in [3.05, 3.63) is 23.8 Å². The van der Waals surface area contributed by atoms with Gasteiger partial charge in [0.15, 0.2) is 0 Å². The van der Waals surface area contributed by atoms with Crippen LogP contribution in [0.25, 0.3) is 0 Å². The normalized spacial score (nSPS) is 11.7. The van der Waals surface area contributed by atoms with Crippen molar-refractivity contribution in [2.24, 2.45) is 0 Å². The smallest absolute Gasteiger partial charge is 0.0285 e. The molecular weight excluding hydrogens is 120 g/mol. The molecule has 57 valence electrons. The Morgan fingerprint density at radius 2 is 2.00 bits per heavy atom. The SMILES string of the molecule is [CH]=C(C)CC/C=C(\C)CC. The summed E-state index contributed by atoms with van der Waals surface area (Å²) in [5.74, 6) is 0. The largest absolute Gasteiger partial charge is 0.0853 e. The molecule has 0 heterocycles. The van der Waals surface area contributed by atoms with Crippen molar-refractivity contribution >= 4 is 0 Å². The second-order valence-corrected chi connectivity index (χ2v) is 2.79. The van der Waals surface area contributed by atoms with E-state index in [0.717, 1.165) is 24.8 Å². The van der Waals surface area contributed by atoms with Gasteiger partial charge in [0.05, 0.1) is 0 Å². The molecule has 0 atom stereocenters. The molecule has 0 saturated heterocycles. The number of rotatable bonds is 4. The van der Waals surface area contributed by atoms with Gasteiger partial charge in [0.2, 0.25) is 0 Å². The van der Waals surface area contributed by atoms with Crippen molar-refractivity contribution in [3.63, 3.8) is 0 Å². The van der Waals surface area contributed by atoms with Gasteiger partial charge in [-0.15, -0.1) is 0 Å². The van der Waals surface area contributed by atoms with Gasteiger partial charge in [-0.3, -0.25) is 0 Å². The fourth-order valence-electron chi connectivity index (χ4n) is 0.691. The molecule has 0 aliphatic rings. The fraction of sp³-hybridized carbons (Fsp3) is 0.600. The van der Waals surface area contributed by atoms with Crippen LogP contribution in [0.4, 0.5) is 0 Å². The van der Waals surface area contributed by atoms with Crippen LogP contribution in [0.2, 0.25) is 0 Å². The van der Waals surface area contributed by atoms with E-state index < -0.39 is 0 Å². The average Bonchev–Trinajstić information content (AvgIpc) is 1.87. The lowest BCUT2D eigenvalue weighted by Crippen LogP contribution is -1.75. The third-order valence-corrected chi connectivity index (χ3v) is 1.59. The fourth-order valence-corrected chi connectivity index (χ4v) is 0.691. The average molecular weight is 137 g/mol. The van der Waals surface area contributed by atoms with Crippen molar-refractivity contribution in [3.8, 4) is 0 Å². The third kappa shape index (κ3) is 5.61. The summed E-state index contributed by atoms with van der Waals surface area (Å²) in [5, 5.41) is 0. The van der Waals surface area contributed by atoms with Crippen molar-refractivity contribution in [2.45, 2.75) is 40.0 Å². The molecule has 0 fully saturated rings. The van der Waals surface area contributed by atoms with Gasteiger partial charge in [0.1, 0.15) is 0 Å². The molecule has 0 N–H and O–H groups in total. The quantitative estimate of drug-likeness (QED) is 0.520. The molecule has 0 rings (SSSR count). The maximum absolute atomic E-state index is 5.51. The summed E-state index contributed by atoms with van der Waals surface area (Å²) < 4.78 is 0. The monoisotopic (exact) mass is 137 g/mol. The molecule has 0 heteroatoms. The second-order valence-electron chi connectivity index (χ2n) is 2.79. The molecule has 0 aromatic heterocycles. The maximum atomic E-state index is 5.51. The molecule has 0 spiro atoms. The number of hydrogen-bond acceptors (Lipinski definition) is 0. The molecule has 0 saturated carbocycles. The van der Waals surface area contributed by atoms with Gasteiger partial charge in [-0.2, -0.15) is 0 Å². The van der Waals surface area contributed by atoms with Crippen LogP contribution in [0.5, 0.6) is 0 Å². The minimum atomic E-state index is 1.03. The molecule has 0 bridgehead atoms. The van der Waals surface area contributed by atoms with Gasteiger partial charge in [0, 0.05) is 0 Å². The molecule has 0 nitrogen and oxygen atoms in total. The van der Waals surface area contributed by atoms with Crippen LogP contribution in [-0.2, 0) is 0 Å². The standard InChI is InChI=1S/C10H17/c1-5-10(4)8-6-7-9(2)3/h2,8H,5-7H2,1,3-4H3/b9-2?,10-8+. The first-order valence-electron chi connectivity index (χ1n) is 3.90. The van der Waals surface area contributed by atoms with Crippen LogP contribution in [0.1, 0.15) is 40.0 Å². The van der Waals surface area contributed by atoms with Crippen molar-refractivity contribution in [1.29, 1.82) is 0 Å². The number of allylic oxidation sites excluding steroid dienone is 3. The second kappa shape index (κ2) is 5.28. The van der Waals surface area contributed by atoms with E-state index in [4.69, 9.17) is 6.58 Å². The zero-order chi connectivity index (χ0) is 7.98. The topological polar surface area (TPSA) is 0 Å². The van der Waals surface area contributed by atoms with Gasteiger partial charge >= 0.3 is 0 Å². The predicted octanol–water partition coefficient (Wildman–Crippen LogP) is 3.50. The molecule has 0 aliphatic heterocycles. The van der Waals surface area contributed by atoms with E-state index in [9.17, 15) is 0 Å². The first-order valence-corrected chi connectivity index (χ1v) is 3.90. The minimum Gasteiger partial charge on any atom is -0.0853 e. The molecule has 1 radical (unpaired) electrons. The van der Waals surface area contributed by atoms with Crippen LogP contribution < -0.4 is 0 Å². The Morgan fingerprint density at radius 3 is 2.40 bits per heavy atom. The molecule has 0 aliphatic carbocycles. The van der Waals surface area contributed by atoms with Crippen LogP contribution in [0, 0.1) is 6.58 Å². The van der Waals surface area contributed by atoms with Gasteiger partial charge in [-0.1, -0.05) is 30.7 Å². The lowest BCUT2D eigenvalue weighted by molar-refractivity contribution is 0.952. The van der Waals surface area contributed by atoms with E-state index in [-0.39, 0.29) is 0 Å². The minimum absolute atomic E-state index is 1.03. The van der Waals surface area contributed by atoms with Gasteiger partial charge in [-0.25, -0.2) is 0 Å². The van der Waals surface area contributed by atoms with Crippen LogP contribution in [-0.4, -0.2) is 0 Å². The summed E-state index contributed by atoms with van der Waals surface area (Å²) in [6, 6.07) is 0. The first kappa shape index (κ1) is 9.48. The third-order valence-electron chi connectivity index (χ3n) is 1.59. The summed E-state index contributed by atoms with van der Waals surface area (Å²) in [6.45, 7) is 11.8. The van der Waals surface area contributed by atoms with Crippen molar-refractivity contribution < 1.29 is 0 Å². The highest BCUT2D eigenvalue weighted by molar-refractivity contribution is 4.99. The highest BCUT2D eigenvalue weighted by atomic mass is 13.9. The number of hydrogen-bond donors (Lipinski definition) is 0. The maximum Gasteiger partial charge on any atom is -0.0285 e. The lowest BCUT2D eigenvalue weighted by Gasteiger charge is -1.95. The van der Waals surface area contributed by atoms with Crippen LogP contribution >= 0.6 is 0 Å². The van der Waals surface area contributed by atoms with Gasteiger partial charge in [0.25, 0.3) is 0 Å².